The van der Waals surface area contributed by atoms with Crippen LogP contribution in [0.1, 0.15) is 51.4 Å². The minimum atomic E-state index is 0.0216. The number of nitrogens with zero attached hydrogens (tertiary/aromatic N) is 1. The number of hydrogen-bond donors (Lipinski definition) is 1. The van der Waals surface area contributed by atoms with Crippen molar-refractivity contribution in [1.82, 2.24) is 10.2 Å². The molecule has 0 amide bonds. The van der Waals surface area contributed by atoms with E-state index in [1.807, 2.05) is 0 Å². The van der Waals surface area contributed by atoms with Crippen LogP contribution in [0.2, 0.25) is 0 Å². The Balaban J connectivity index is 1.56. The first-order chi connectivity index (χ1) is 8.68. The second-order valence-electron chi connectivity index (χ2n) is 7.23. The molecule has 2 saturated carbocycles. The monoisotopic (exact) mass is 250 g/mol. The number of piperidine rings is 1. The van der Waals surface area contributed by atoms with Gasteiger partial charge in [0, 0.05) is 37.9 Å². The van der Waals surface area contributed by atoms with E-state index >= 15 is 0 Å². The molecule has 2 saturated heterocycles. The molecule has 0 aromatic rings. The smallest absolute Gasteiger partial charge is 0.122 e. The van der Waals surface area contributed by atoms with Crippen LogP contribution in [0.5, 0.6) is 0 Å². The maximum atomic E-state index is 6.81. The summed E-state index contributed by atoms with van der Waals surface area (Å²) in [6.07, 6.45) is 10.6. The second kappa shape index (κ2) is 3.71. The largest absolute Gasteiger partial charge is 0.353 e. The highest BCUT2D eigenvalue weighted by Crippen LogP contribution is 2.62. The molecule has 4 rings (SSSR count). The van der Waals surface area contributed by atoms with Crippen LogP contribution >= 0.6 is 0 Å². The number of ether oxygens (including phenoxy) is 1. The molecular weight excluding hydrogens is 224 g/mol. The van der Waals surface area contributed by atoms with Gasteiger partial charge in [-0.15, -0.1) is 0 Å². The normalized spacial score (nSPS) is 36.5. The van der Waals surface area contributed by atoms with Gasteiger partial charge in [0.05, 0.1) is 5.60 Å². The Bertz CT molecular complexity index is 338. The van der Waals surface area contributed by atoms with Crippen molar-refractivity contribution >= 4 is 0 Å². The first kappa shape index (κ1) is 11.7. The third kappa shape index (κ3) is 1.41. The predicted molar refractivity (Wildman–Crippen MR) is 71.4 cm³/mol. The Hall–Kier alpha value is -0.120. The van der Waals surface area contributed by atoms with Gasteiger partial charge in [0.2, 0.25) is 0 Å². The first-order valence-electron chi connectivity index (χ1n) is 7.82. The zero-order chi connectivity index (χ0) is 12.3. The lowest BCUT2D eigenvalue weighted by molar-refractivity contribution is -0.313. The maximum Gasteiger partial charge on any atom is 0.122 e. The van der Waals surface area contributed by atoms with Crippen molar-refractivity contribution in [2.24, 2.45) is 5.41 Å². The predicted octanol–water partition coefficient (Wildman–Crippen LogP) is 2.12. The number of hydrogen-bond acceptors (Lipinski definition) is 3. The van der Waals surface area contributed by atoms with E-state index in [4.69, 9.17) is 4.74 Å². The van der Waals surface area contributed by atoms with Crippen LogP contribution in [0, 0.1) is 5.41 Å². The van der Waals surface area contributed by atoms with E-state index in [2.05, 4.69) is 17.3 Å². The summed E-state index contributed by atoms with van der Waals surface area (Å²) in [5.41, 5.74) is 0.806. The summed E-state index contributed by atoms with van der Waals surface area (Å²) >= 11 is 0. The topological polar surface area (TPSA) is 24.5 Å². The lowest BCUT2D eigenvalue weighted by Crippen LogP contribution is -2.74. The van der Waals surface area contributed by atoms with E-state index in [0.29, 0.717) is 5.41 Å². The van der Waals surface area contributed by atoms with Crippen LogP contribution in [0.4, 0.5) is 0 Å². The standard InChI is InChI=1S/C15H26N2O/c1-17-10-8-15(9-11-17)16-12-13(4-2-5-13)14(18-15)6-3-7-14/h16H,2-12H2,1H3. The lowest BCUT2D eigenvalue weighted by atomic mass is 9.51. The van der Waals surface area contributed by atoms with Crippen LogP contribution in [0.15, 0.2) is 0 Å². The highest BCUT2D eigenvalue weighted by molar-refractivity contribution is 5.14. The lowest BCUT2D eigenvalue weighted by Gasteiger charge is -2.67. The molecule has 0 atom stereocenters. The summed E-state index contributed by atoms with van der Waals surface area (Å²) in [6.45, 7) is 3.57. The zero-order valence-corrected chi connectivity index (χ0v) is 11.6. The third-order valence-electron chi connectivity index (χ3n) is 6.37. The Kier molecular flexibility index (Phi) is 2.41. The molecule has 102 valence electrons. The van der Waals surface area contributed by atoms with Gasteiger partial charge < -0.3 is 9.64 Å². The van der Waals surface area contributed by atoms with Crippen molar-refractivity contribution in [1.29, 1.82) is 0 Å². The molecule has 3 spiro atoms. The summed E-state index contributed by atoms with van der Waals surface area (Å²) in [7, 11) is 2.22. The van der Waals surface area contributed by atoms with Gasteiger partial charge in [-0.2, -0.15) is 0 Å². The Morgan fingerprint density at radius 1 is 0.944 bits per heavy atom. The van der Waals surface area contributed by atoms with Crippen molar-refractivity contribution in [3.8, 4) is 0 Å². The molecule has 2 heterocycles. The van der Waals surface area contributed by atoms with E-state index in [1.54, 1.807) is 0 Å². The fraction of sp³-hybridized carbons (Fsp3) is 1.00. The van der Waals surface area contributed by atoms with Crippen molar-refractivity contribution in [3.63, 3.8) is 0 Å². The molecule has 3 heteroatoms. The molecule has 18 heavy (non-hydrogen) atoms. The highest BCUT2D eigenvalue weighted by atomic mass is 16.5. The van der Waals surface area contributed by atoms with Gasteiger partial charge in [0.15, 0.2) is 0 Å². The molecule has 0 bridgehead atoms. The van der Waals surface area contributed by atoms with Crippen LogP contribution in [0.25, 0.3) is 0 Å². The third-order valence-corrected chi connectivity index (χ3v) is 6.37. The van der Waals surface area contributed by atoms with Crippen molar-refractivity contribution in [2.75, 3.05) is 26.7 Å². The van der Waals surface area contributed by atoms with Gasteiger partial charge in [-0.25, -0.2) is 0 Å². The van der Waals surface area contributed by atoms with E-state index in [1.165, 1.54) is 71.0 Å². The SMILES string of the molecule is CN1CCC2(CC1)NCC1(CCC1)C1(CCC1)O2. The number of rotatable bonds is 0. The average Bonchev–Trinajstić information content (AvgIpc) is 2.29. The second-order valence-corrected chi connectivity index (χ2v) is 7.23. The quantitative estimate of drug-likeness (QED) is 0.713. The van der Waals surface area contributed by atoms with Crippen LogP contribution in [-0.2, 0) is 4.74 Å². The maximum absolute atomic E-state index is 6.81. The molecule has 4 fully saturated rings. The average molecular weight is 250 g/mol. The van der Waals surface area contributed by atoms with Gasteiger partial charge in [0.25, 0.3) is 0 Å². The highest BCUT2D eigenvalue weighted by Gasteiger charge is 2.64. The zero-order valence-electron chi connectivity index (χ0n) is 11.6. The minimum Gasteiger partial charge on any atom is -0.353 e. The summed E-state index contributed by atoms with van der Waals surface area (Å²) < 4.78 is 6.81. The summed E-state index contributed by atoms with van der Waals surface area (Å²) in [5, 5.41) is 3.82. The Morgan fingerprint density at radius 2 is 1.61 bits per heavy atom. The van der Waals surface area contributed by atoms with Gasteiger partial charge in [-0.05, 0) is 39.2 Å². The molecule has 1 N–H and O–H groups in total. The van der Waals surface area contributed by atoms with E-state index in [-0.39, 0.29) is 11.3 Å². The van der Waals surface area contributed by atoms with E-state index < -0.39 is 0 Å². The molecular formula is C15H26N2O. The van der Waals surface area contributed by atoms with Crippen LogP contribution in [-0.4, -0.2) is 42.9 Å². The fourth-order valence-electron chi connectivity index (χ4n) is 4.63. The van der Waals surface area contributed by atoms with Crippen molar-refractivity contribution in [2.45, 2.75) is 62.7 Å². The summed E-state index contributed by atoms with van der Waals surface area (Å²) in [6, 6.07) is 0. The summed E-state index contributed by atoms with van der Waals surface area (Å²) in [5.74, 6) is 0. The van der Waals surface area contributed by atoms with Crippen molar-refractivity contribution < 1.29 is 4.74 Å². The molecule has 4 aliphatic rings. The van der Waals surface area contributed by atoms with Gasteiger partial charge >= 0.3 is 0 Å². The molecule has 0 aromatic heterocycles. The van der Waals surface area contributed by atoms with E-state index in [0.717, 1.165) is 0 Å². The minimum absolute atomic E-state index is 0.0216. The molecule has 0 radical (unpaired) electrons. The van der Waals surface area contributed by atoms with Crippen molar-refractivity contribution in [3.05, 3.63) is 0 Å². The molecule has 2 aliphatic heterocycles. The molecule has 0 aromatic carbocycles. The molecule has 2 aliphatic carbocycles. The van der Waals surface area contributed by atoms with E-state index in [9.17, 15) is 0 Å². The Morgan fingerprint density at radius 3 is 2.11 bits per heavy atom. The van der Waals surface area contributed by atoms with Gasteiger partial charge in [-0.1, -0.05) is 6.42 Å². The van der Waals surface area contributed by atoms with Crippen LogP contribution < -0.4 is 5.32 Å². The molecule has 0 unspecified atom stereocenters. The molecule has 3 nitrogen and oxygen atoms in total. The number of fused-ring (bicyclic) bond motifs is 1. The number of likely N-dealkylation sites (tertiary alicyclic amines) is 1. The van der Waals surface area contributed by atoms with Crippen LogP contribution in [0.3, 0.4) is 0 Å². The summed E-state index contributed by atoms with van der Waals surface area (Å²) in [4.78, 5) is 2.43. The fourth-order valence-corrected chi connectivity index (χ4v) is 4.63. The Labute approximate surface area is 110 Å². The number of nitrogens with one attached hydrogen (secondary N) is 1. The van der Waals surface area contributed by atoms with Gasteiger partial charge in [-0.3, -0.25) is 5.32 Å². The van der Waals surface area contributed by atoms with Gasteiger partial charge in [0.1, 0.15) is 5.72 Å². The first-order valence-corrected chi connectivity index (χ1v) is 7.82.